The van der Waals surface area contributed by atoms with Crippen molar-refractivity contribution in [3.8, 4) is 11.1 Å². The first-order chi connectivity index (χ1) is 15.7. The summed E-state index contributed by atoms with van der Waals surface area (Å²) in [6.45, 7) is 1.56. The van der Waals surface area contributed by atoms with E-state index in [4.69, 9.17) is 10.5 Å². The SMILES string of the molecule is C[C@@H](C(=O)N[C@H](CCC(N)=O)C(=O)O)N(C)C(=O)OCC1c2ccccc2-c2ccccc21. The van der Waals surface area contributed by atoms with Gasteiger partial charge in [-0.25, -0.2) is 9.59 Å². The van der Waals surface area contributed by atoms with Gasteiger partial charge in [-0.3, -0.25) is 14.5 Å². The van der Waals surface area contributed by atoms with Crippen molar-refractivity contribution in [2.24, 2.45) is 5.73 Å². The topological polar surface area (TPSA) is 139 Å². The molecule has 2 atom stereocenters. The molecular formula is C24H27N3O6. The number of rotatable bonds is 9. The van der Waals surface area contributed by atoms with Crippen molar-refractivity contribution in [2.45, 2.75) is 37.8 Å². The maximum Gasteiger partial charge on any atom is 0.410 e. The van der Waals surface area contributed by atoms with E-state index in [1.54, 1.807) is 0 Å². The number of ether oxygens (including phenoxy) is 1. The molecule has 0 unspecified atom stereocenters. The van der Waals surface area contributed by atoms with Crippen LogP contribution in [0.25, 0.3) is 11.1 Å². The van der Waals surface area contributed by atoms with Crippen LogP contribution in [0.1, 0.15) is 36.8 Å². The van der Waals surface area contributed by atoms with Crippen molar-refractivity contribution in [1.29, 1.82) is 0 Å². The van der Waals surface area contributed by atoms with Gasteiger partial charge in [-0.1, -0.05) is 48.5 Å². The number of primary amides is 1. The first-order valence-corrected chi connectivity index (χ1v) is 10.6. The third-order valence-electron chi connectivity index (χ3n) is 5.88. The highest BCUT2D eigenvalue weighted by Crippen LogP contribution is 2.44. The van der Waals surface area contributed by atoms with Gasteiger partial charge in [0.25, 0.3) is 0 Å². The smallest absolute Gasteiger partial charge is 0.410 e. The molecule has 1 aliphatic carbocycles. The first kappa shape index (κ1) is 23.8. The van der Waals surface area contributed by atoms with Crippen molar-refractivity contribution >= 4 is 23.9 Å². The summed E-state index contributed by atoms with van der Waals surface area (Å²) >= 11 is 0. The second-order valence-corrected chi connectivity index (χ2v) is 8.00. The maximum absolute atomic E-state index is 12.7. The van der Waals surface area contributed by atoms with Crippen molar-refractivity contribution in [3.63, 3.8) is 0 Å². The first-order valence-electron chi connectivity index (χ1n) is 10.6. The Balaban J connectivity index is 1.62. The zero-order valence-corrected chi connectivity index (χ0v) is 18.5. The summed E-state index contributed by atoms with van der Waals surface area (Å²) in [6.07, 6.45) is -1.03. The fourth-order valence-electron chi connectivity index (χ4n) is 3.87. The zero-order valence-electron chi connectivity index (χ0n) is 18.5. The third kappa shape index (κ3) is 5.31. The lowest BCUT2D eigenvalue weighted by Gasteiger charge is -2.26. The average molecular weight is 453 g/mol. The van der Waals surface area contributed by atoms with Gasteiger partial charge in [-0.05, 0) is 35.6 Å². The Morgan fingerprint density at radius 1 is 1.06 bits per heavy atom. The predicted octanol–water partition coefficient (Wildman–Crippen LogP) is 2.09. The molecule has 0 spiro atoms. The van der Waals surface area contributed by atoms with Crippen molar-refractivity contribution in [1.82, 2.24) is 10.2 Å². The minimum atomic E-state index is -1.29. The number of carboxylic acid groups (broad SMARTS) is 1. The second-order valence-electron chi connectivity index (χ2n) is 8.00. The Kier molecular flexibility index (Phi) is 7.32. The number of aliphatic carboxylic acids is 1. The van der Waals surface area contributed by atoms with Gasteiger partial charge in [0.05, 0.1) is 0 Å². The Morgan fingerprint density at radius 2 is 1.61 bits per heavy atom. The number of carbonyl (C=O) groups is 4. The van der Waals surface area contributed by atoms with Crippen LogP contribution in [0.3, 0.4) is 0 Å². The second kappa shape index (κ2) is 10.2. The highest BCUT2D eigenvalue weighted by Gasteiger charge is 2.31. The molecule has 0 saturated heterocycles. The van der Waals surface area contributed by atoms with Gasteiger partial charge in [0.2, 0.25) is 11.8 Å². The zero-order chi connectivity index (χ0) is 24.1. The molecule has 0 fully saturated rings. The van der Waals surface area contributed by atoms with E-state index < -0.39 is 36.0 Å². The highest BCUT2D eigenvalue weighted by molar-refractivity contribution is 5.89. The van der Waals surface area contributed by atoms with E-state index in [0.29, 0.717) is 0 Å². The quantitative estimate of drug-likeness (QED) is 0.531. The number of nitrogens with one attached hydrogen (secondary N) is 1. The number of likely N-dealkylation sites (N-methyl/N-ethyl adjacent to an activating group) is 1. The summed E-state index contributed by atoms with van der Waals surface area (Å²) in [6, 6.07) is 13.6. The van der Waals surface area contributed by atoms with Crippen LogP contribution in [-0.4, -0.2) is 59.6 Å². The normalized spacial score (nSPS) is 13.9. The van der Waals surface area contributed by atoms with E-state index in [2.05, 4.69) is 5.32 Å². The minimum Gasteiger partial charge on any atom is -0.480 e. The molecule has 0 saturated carbocycles. The van der Waals surface area contributed by atoms with E-state index >= 15 is 0 Å². The van der Waals surface area contributed by atoms with Crippen LogP contribution in [0.4, 0.5) is 4.79 Å². The van der Waals surface area contributed by atoms with Crippen LogP contribution in [-0.2, 0) is 19.1 Å². The number of benzene rings is 2. The Bertz CT molecular complexity index is 1020. The molecule has 0 aliphatic heterocycles. The number of hydrogen-bond acceptors (Lipinski definition) is 5. The van der Waals surface area contributed by atoms with E-state index in [0.717, 1.165) is 27.2 Å². The van der Waals surface area contributed by atoms with Gasteiger partial charge < -0.3 is 20.9 Å². The molecule has 3 rings (SSSR count). The molecule has 2 aromatic rings. The number of hydrogen-bond donors (Lipinski definition) is 3. The Labute approximate surface area is 191 Å². The molecular weight excluding hydrogens is 426 g/mol. The molecule has 0 aromatic heterocycles. The molecule has 33 heavy (non-hydrogen) atoms. The predicted molar refractivity (Wildman–Crippen MR) is 120 cm³/mol. The van der Waals surface area contributed by atoms with E-state index in [1.807, 2.05) is 48.5 Å². The Hall–Kier alpha value is -3.88. The monoisotopic (exact) mass is 453 g/mol. The van der Waals surface area contributed by atoms with Crippen LogP contribution in [0.2, 0.25) is 0 Å². The van der Waals surface area contributed by atoms with Gasteiger partial charge in [-0.15, -0.1) is 0 Å². The Morgan fingerprint density at radius 3 is 2.12 bits per heavy atom. The van der Waals surface area contributed by atoms with Crippen molar-refractivity contribution in [2.75, 3.05) is 13.7 Å². The highest BCUT2D eigenvalue weighted by atomic mass is 16.6. The lowest BCUT2D eigenvalue weighted by molar-refractivity contribution is -0.142. The minimum absolute atomic E-state index is 0.0991. The molecule has 0 radical (unpaired) electrons. The lowest BCUT2D eigenvalue weighted by Crippen LogP contribution is -2.51. The largest absolute Gasteiger partial charge is 0.480 e. The number of nitrogens with zero attached hydrogens (tertiary/aromatic N) is 1. The summed E-state index contributed by atoms with van der Waals surface area (Å²) in [7, 11) is 1.41. The molecule has 3 amide bonds. The molecule has 9 nitrogen and oxygen atoms in total. The van der Waals surface area contributed by atoms with Gasteiger partial charge in [-0.2, -0.15) is 0 Å². The molecule has 2 aromatic carbocycles. The van der Waals surface area contributed by atoms with Gasteiger partial charge >= 0.3 is 12.1 Å². The third-order valence-corrected chi connectivity index (χ3v) is 5.88. The summed E-state index contributed by atoms with van der Waals surface area (Å²) in [5.41, 5.74) is 9.39. The van der Waals surface area contributed by atoms with E-state index in [-0.39, 0.29) is 25.4 Å². The van der Waals surface area contributed by atoms with E-state index in [9.17, 15) is 24.3 Å². The standard InChI is InChI=1S/C24H27N3O6/c1-14(22(29)26-20(23(30)31)11-12-21(25)28)27(2)24(32)33-13-19-17-9-5-3-7-15(17)16-8-4-6-10-18(16)19/h3-10,14,19-20H,11-13H2,1-2H3,(H2,25,28)(H,26,29)(H,30,31)/t14-,20+/m0/s1. The maximum atomic E-state index is 12.7. The fourth-order valence-corrected chi connectivity index (χ4v) is 3.87. The summed E-state index contributed by atoms with van der Waals surface area (Å²) in [4.78, 5) is 48.5. The number of carboxylic acids is 1. The van der Waals surface area contributed by atoms with Gasteiger partial charge in [0.1, 0.15) is 18.7 Å². The molecule has 174 valence electrons. The van der Waals surface area contributed by atoms with Crippen molar-refractivity contribution < 1.29 is 29.0 Å². The number of nitrogens with two attached hydrogens (primary N) is 1. The molecule has 9 heteroatoms. The number of fused-ring (bicyclic) bond motifs is 3. The lowest BCUT2D eigenvalue weighted by atomic mass is 9.98. The summed E-state index contributed by atoms with van der Waals surface area (Å²) < 4.78 is 5.53. The molecule has 1 aliphatic rings. The molecule has 4 N–H and O–H groups in total. The van der Waals surface area contributed by atoms with Crippen LogP contribution in [0.15, 0.2) is 48.5 Å². The number of amides is 3. The van der Waals surface area contributed by atoms with Crippen LogP contribution in [0, 0.1) is 0 Å². The molecule has 0 bridgehead atoms. The van der Waals surface area contributed by atoms with Crippen LogP contribution < -0.4 is 11.1 Å². The fraction of sp³-hybridized carbons (Fsp3) is 0.333. The van der Waals surface area contributed by atoms with Gasteiger partial charge in [0, 0.05) is 19.4 Å². The van der Waals surface area contributed by atoms with E-state index in [1.165, 1.54) is 14.0 Å². The van der Waals surface area contributed by atoms with Gasteiger partial charge in [0.15, 0.2) is 0 Å². The van der Waals surface area contributed by atoms with Crippen LogP contribution >= 0.6 is 0 Å². The summed E-state index contributed by atoms with van der Waals surface area (Å²) in [5.74, 6) is -2.76. The van der Waals surface area contributed by atoms with Crippen molar-refractivity contribution in [3.05, 3.63) is 59.7 Å². The average Bonchev–Trinajstić information content (AvgIpc) is 3.12. The number of carbonyl (C=O) groups excluding carboxylic acids is 3. The molecule has 0 heterocycles. The van der Waals surface area contributed by atoms with Crippen LogP contribution in [0.5, 0.6) is 0 Å². The summed E-state index contributed by atoms with van der Waals surface area (Å²) in [5, 5.41) is 11.6.